The summed E-state index contributed by atoms with van der Waals surface area (Å²) in [6, 6.07) is 4.67. The standard InChI is InChI=1S/C16H20N4O4/c1-16(2,3)24-15(21)18-12-9-13(19-6-4-5-7-19)11(10-17)8-14(12)20(22)23/h8-9H,4-7H2,1-3H3,(H,18,21). The van der Waals surface area contributed by atoms with E-state index in [4.69, 9.17) is 4.74 Å². The van der Waals surface area contributed by atoms with E-state index in [1.165, 1.54) is 12.1 Å². The molecule has 1 aromatic rings. The quantitative estimate of drug-likeness (QED) is 0.671. The van der Waals surface area contributed by atoms with Crippen molar-refractivity contribution in [3.63, 3.8) is 0 Å². The third kappa shape index (κ3) is 4.13. The summed E-state index contributed by atoms with van der Waals surface area (Å²) in [6.45, 7) is 6.66. The third-order valence-electron chi connectivity index (χ3n) is 3.51. The Balaban J connectivity index is 2.40. The molecule has 1 aliphatic heterocycles. The van der Waals surface area contributed by atoms with Crippen LogP contribution in [0, 0.1) is 21.4 Å². The van der Waals surface area contributed by atoms with Gasteiger partial charge in [0.1, 0.15) is 17.4 Å². The minimum absolute atomic E-state index is 0.0233. The van der Waals surface area contributed by atoms with Crippen molar-refractivity contribution in [1.29, 1.82) is 5.26 Å². The monoisotopic (exact) mass is 332 g/mol. The predicted octanol–water partition coefficient (Wildman–Crippen LogP) is 3.41. The van der Waals surface area contributed by atoms with Crippen LogP contribution in [0.3, 0.4) is 0 Å². The molecule has 1 amide bonds. The van der Waals surface area contributed by atoms with Gasteiger partial charge in [-0.3, -0.25) is 15.4 Å². The van der Waals surface area contributed by atoms with E-state index in [-0.39, 0.29) is 16.9 Å². The lowest BCUT2D eigenvalue weighted by Crippen LogP contribution is -2.27. The van der Waals surface area contributed by atoms with Crippen LogP contribution in [0.2, 0.25) is 0 Å². The number of nitro benzene ring substituents is 1. The SMILES string of the molecule is CC(C)(C)OC(=O)Nc1cc(N2CCCC2)c(C#N)cc1[N+](=O)[O-]. The molecule has 0 atom stereocenters. The van der Waals surface area contributed by atoms with Gasteiger partial charge in [-0.25, -0.2) is 4.79 Å². The van der Waals surface area contributed by atoms with E-state index in [1.54, 1.807) is 20.8 Å². The van der Waals surface area contributed by atoms with Gasteiger partial charge >= 0.3 is 6.09 Å². The molecule has 1 saturated heterocycles. The number of carbonyl (C=O) groups is 1. The Kier molecular flexibility index (Phi) is 4.93. The Morgan fingerprint density at radius 1 is 1.38 bits per heavy atom. The summed E-state index contributed by atoms with van der Waals surface area (Å²) in [4.78, 5) is 24.6. The van der Waals surface area contributed by atoms with Crippen molar-refractivity contribution in [2.24, 2.45) is 0 Å². The van der Waals surface area contributed by atoms with Crippen LogP contribution in [-0.2, 0) is 4.74 Å². The fourth-order valence-corrected chi connectivity index (χ4v) is 2.55. The average molecular weight is 332 g/mol. The Morgan fingerprint density at radius 3 is 2.50 bits per heavy atom. The largest absolute Gasteiger partial charge is 0.444 e. The highest BCUT2D eigenvalue weighted by molar-refractivity contribution is 5.90. The molecule has 0 spiro atoms. The average Bonchev–Trinajstić information content (AvgIpc) is 2.98. The van der Waals surface area contributed by atoms with E-state index in [0.717, 1.165) is 25.9 Å². The smallest absolute Gasteiger partial charge is 0.412 e. The number of nitrogens with one attached hydrogen (secondary N) is 1. The van der Waals surface area contributed by atoms with E-state index in [2.05, 4.69) is 5.32 Å². The normalized spacial score (nSPS) is 14.2. The number of anilines is 2. The third-order valence-corrected chi connectivity index (χ3v) is 3.51. The van der Waals surface area contributed by atoms with Crippen molar-refractivity contribution in [2.75, 3.05) is 23.3 Å². The lowest BCUT2D eigenvalue weighted by atomic mass is 10.1. The molecule has 8 heteroatoms. The number of ether oxygens (including phenoxy) is 1. The molecule has 1 fully saturated rings. The highest BCUT2D eigenvalue weighted by Crippen LogP contribution is 2.34. The Morgan fingerprint density at radius 2 is 2.00 bits per heavy atom. The lowest BCUT2D eigenvalue weighted by Gasteiger charge is -2.22. The highest BCUT2D eigenvalue weighted by atomic mass is 16.6. The zero-order chi connectivity index (χ0) is 17.9. The maximum absolute atomic E-state index is 12.0. The van der Waals surface area contributed by atoms with Crippen LogP contribution in [0.15, 0.2) is 12.1 Å². The number of nitriles is 1. The van der Waals surface area contributed by atoms with Crippen LogP contribution in [-0.4, -0.2) is 29.7 Å². The second-order valence-corrected chi connectivity index (χ2v) is 6.58. The summed E-state index contributed by atoms with van der Waals surface area (Å²) < 4.78 is 5.15. The number of nitro groups is 1. The van der Waals surface area contributed by atoms with Crippen LogP contribution in [0.25, 0.3) is 0 Å². The van der Waals surface area contributed by atoms with Crippen molar-refractivity contribution in [3.05, 3.63) is 27.8 Å². The maximum Gasteiger partial charge on any atom is 0.412 e. The number of carbonyl (C=O) groups excluding carboxylic acids is 1. The van der Waals surface area contributed by atoms with Crippen LogP contribution < -0.4 is 10.2 Å². The first kappa shape index (κ1) is 17.5. The molecule has 1 aromatic carbocycles. The summed E-state index contributed by atoms with van der Waals surface area (Å²) in [6.07, 6.45) is 1.22. The van der Waals surface area contributed by atoms with Crippen LogP contribution >= 0.6 is 0 Å². The van der Waals surface area contributed by atoms with Crippen LogP contribution in [0.5, 0.6) is 0 Å². The van der Waals surface area contributed by atoms with E-state index in [0.29, 0.717) is 5.69 Å². The van der Waals surface area contributed by atoms with Crippen LogP contribution in [0.1, 0.15) is 39.2 Å². The number of hydrogen-bond donors (Lipinski definition) is 1. The summed E-state index contributed by atoms with van der Waals surface area (Å²) in [5.41, 5.74) is -0.219. The summed E-state index contributed by atoms with van der Waals surface area (Å²) >= 11 is 0. The van der Waals surface area contributed by atoms with Gasteiger partial charge in [0.25, 0.3) is 5.69 Å². The van der Waals surface area contributed by atoms with Crippen LogP contribution in [0.4, 0.5) is 21.9 Å². The van der Waals surface area contributed by atoms with Crippen molar-refractivity contribution < 1.29 is 14.5 Å². The molecule has 0 radical (unpaired) electrons. The van der Waals surface area contributed by atoms with Gasteiger partial charge in [0.05, 0.1) is 16.2 Å². The highest BCUT2D eigenvalue weighted by Gasteiger charge is 2.25. The molecule has 128 valence electrons. The van der Waals surface area contributed by atoms with E-state index >= 15 is 0 Å². The number of nitrogens with zero attached hydrogens (tertiary/aromatic N) is 3. The number of rotatable bonds is 3. The molecule has 0 bridgehead atoms. The van der Waals surface area contributed by atoms with Crippen molar-refractivity contribution in [1.82, 2.24) is 0 Å². The van der Waals surface area contributed by atoms with Gasteiger partial charge in [0, 0.05) is 19.2 Å². The fourth-order valence-electron chi connectivity index (χ4n) is 2.55. The van der Waals surface area contributed by atoms with Gasteiger partial charge in [0.15, 0.2) is 0 Å². The molecular weight excluding hydrogens is 312 g/mol. The number of benzene rings is 1. The second kappa shape index (κ2) is 6.74. The molecule has 1 aliphatic rings. The summed E-state index contributed by atoms with van der Waals surface area (Å²) in [5, 5.41) is 23.0. The first-order valence-electron chi connectivity index (χ1n) is 7.69. The molecule has 8 nitrogen and oxygen atoms in total. The number of amides is 1. The lowest BCUT2D eigenvalue weighted by molar-refractivity contribution is -0.383. The Hall–Kier alpha value is -2.82. The second-order valence-electron chi connectivity index (χ2n) is 6.58. The summed E-state index contributed by atoms with van der Waals surface area (Å²) in [7, 11) is 0. The molecule has 0 unspecified atom stereocenters. The molecule has 2 rings (SSSR count). The van der Waals surface area contributed by atoms with Gasteiger partial charge in [-0.05, 0) is 39.7 Å². The molecule has 1 heterocycles. The predicted molar refractivity (Wildman–Crippen MR) is 89.1 cm³/mol. The Labute approximate surface area is 140 Å². The van der Waals surface area contributed by atoms with E-state index in [9.17, 15) is 20.2 Å². The molecule has 0 saturated carbocycles. The zero-order valence-corrected chi connectivity index (χ0v) is 14.0. The van der Waals surface area contributed by atoms with Gasteiger partial charge in [0.2, 0.25) is 0 Å². The van der Waals surface area contributed by atoms with Crippen molar-refractivity contribution in [2.45, 2.75) is 39.2 Å². The van der Waals surface area contributed by atoms with Gasteiger partial charge in [-0.1, -0.05) is 0 Å². The molecule has 0 aliphatic carbocycles. The first-order valence-corrected chi connectivity index (χ1v) is 7.69. The van der Waals surface area contributed by atoms with Gasteiger partial charge in [-0.2, -0.15) is 5.26 Å². The van der Waals surface area contributed by atoms with E-state index < -0.39 is 16.6 Å². The first-order chi connectivity index (χ1) is 11.2. The summed E-state index contributed by atoms with van der Waals surface area (Å²) in [5.74, 6) is 0. The van der Waals surface area contributed by atoms with Crippen molar-refractivity contribution in [3.8, 4) is 6.07 Å². The maximum atomic E-state index is 12.0. The van der Waals surface area contributed by atoms with Gasteiger partial charge < -0.3 is 9.64 Å². The zero-order valence-electron chi connectivity index (χ0n) is 14.0. The topological polar surface area (TPSA) is 108 Å². The van der Waals surface area contributed by atoms with E-state index in [1.807, 2.05) is 11.0 Å². The fraction of sp³-hybridized carbons (Fsp3) is 0.500. The molecular formula is C16H20N4O4. The Bertz CT molecular complexity index is 697. The molecule has 1 N–H and O–H groups in total. The molecule has 0 aromatic heterocycles. The van der Waals surface area contributed by atoms with Gasteiger partial charge in [-0.15, -0.1) is 0 Å². The molecule has 24 heavy (non-hydrogen) atoms. The number of hydrogen-bond acceptors (Lipinski definition) is 6. The van der Waals surface area contributed by atoms with Crippen molar-refractivity contribution >= 4 is 23.2 Å². The minimum Gasteiger partial charge on any atom is -0.444 e. The minimum atomic E-state index is -0.775.